The van der Waals surface area contributed by atoms with Crippen LogP contribution in [0.15, 0.2) is 39.8 Å². The topological polar surface area (TPSA) is 101 Å². The third kappa shape index (κ3) is 2.83. The molecule has 9 heteroatoms. The second-order valence-corrected chi connectivity index (χ2v) is 6.40. The Balaban J connectivity index is 2.46. The van der Waals surface area contributed by atoms with Crippen LogP contribution in [-0.4, -0.2) is 29.3 Å². The van der Waals surface area contributed by atoms with Gasteiger partial charge in [0.15, 0.2) is 0 Å². The summed E-state index contributed by atoms with van der Waals surface area (Å²) in [5.41, 5.74) is -0.112. The molecule has 0 saturated carbocycles. The van der Waals surface area contributed by atoms with Gasteiger partial charge < -0.3 is 5.11 Å². The molecule has 0 aliphatic carbocycles. The molecule has 1 aromatic heterocycles. The van der Waals surface area contributed by atoms with Crippen LogP contribution in [0.5, 0.6) is 0 Å². The van der Waals surface area contributed by atoms with Crippen molar-refractivity contribution in [2.75, 3.05) is 4.72 Å². The molecule has 2 N–H and O–H groups in total. The lowest BCUT2D eigenvalue weighted by atomic mass is 10.2. The molecule has 2 aromatic rings. The number of aromatic nitrogens is 2. The lowest BCUT2D eigenvalue weighted by molar-refractivity contribution is 0.0696. The van der Waals surface area contributed by atoms with E-state index in [4.69, 9.17) is 5.11 Å². The highest BCUT2D eigenvalue weighted by atomic mass is 79.9. The van der Waals surface area contributed by atoms with Crippen molar-refractivity contribution in [1.82, 2.24) is 9.78 Å². The molecule has 0 aliphatic rings. The van der Waals surface area contributed by atoms with Crippen LogP contribution in [0.4, 0.5) is 5.82 Å². The summed E-state index contributed by atoms with van der Waals surface area (Å²) in [5.74, 6) is -0.924. The molecule has 0 fully saturated rings. The molecular weight excluding hydrogens is 350 g/mol. The number of carboxylic acids is 1. The Bertz CT molecular complexity index is 770. The first-order valence-electron chi connectivity index (χ1n) is 5.35. The maximum Gasteiger partial charge on any atom is 0.335 e. The average Bonchev–Trinajstić information content (AvgIpc) is 2.74. The first-order valence-corrected chi connectivity index (χ1v) is 7.62. The molecule has 20 heavy (non-hydrogen) atoms. The van der Waals surface area contributed by atoms with E-state index in [1.165, 1.54) is 29.1 Å². The molecule has 0 amide bonds. The second kappa shape index (κ2) is 5.25. The van der Waals surface area contributed by atoms with E-state index in [0.29, 0.717) is 0 Å². The van der Waals surface area contributed by atoms with E-state index < -0.39 is 16.0 Å². The summed E-state index contributed by atoms with van der Waals surface area (Å²) in [4.78, 5) is 10.8. The van der Waals surface area contributed by atoms with Crippen molar-refractivity contribution in [3.05, 3.63) is 40.5 Å². The van der Waals surface area contributed by atoms with Gasteiger partial charge in [0.25, 0.3) is 10.0 Å². The van der Waals surface area contributed by atoms with Crippen molar-refractivity contribution in [2.45, 2.75) is 4.90 Å². The number of carboxylic acid groups (broad SMARTS) is 1. The minimum atomic E-state index is -3.91. The highest BCUT2D eigenvalue weighted by Crippen LogP contribution is 2.25. The van der Waals surface area contributed by atoms with Crippen molar-refractivity contribution < 1.29 is 18.3 Å². The second-order valence-electron chi connectivity index (χ2n) is 3.90. The maximum atomic E-state index is 12.3. The molecular formula is C11H10BrN3O4S. The molecule has 0 radical (unpaired) electrons. The number of halogens is 1. The molecule has 0 atom stereocenters. The van der Waals surface area contributed by atoms with Gasteiger partial charge in [-0.1, -0.05) is 0 Å². The van der Waals surface area contributed by atoms with Crippen LogP contribution in [0.2, 0.25) is 0 Å². The van der Waals surface area contributed by atoms with Crippen molar-refractivity contribution >= 4 is 37.7 Å². The summed E-state index contributed by atoms with van der Waals surface area (Å²) in [6.07, 6.45) is 1.45. The van der Waals surface area contributed by atoms with Crippen LogP contribution < -0.4 is 4.72 Å². The SMILES string of the molecule is Cn1nccc1NS(=O)(=O)c1cc(C(=O)O)ccc1Br. The number of anilines is 1. The van der Waals surface area contributed by atoms with Gasteiger partial charge in [-0.3, -0.25) is 9.40 Å². The summed E-state index contributed by atoms with van der Waals surface area (Å²) in [6.45, 7) is 0. The van der Waals surface area contributed by atoms with Gasteiger partial charge in [-0.2, -0.15) is 5.10 Å². The van der Waals surface area contributed by atoms with Gasteiger partial charge in [0.1, 0.15) is 10.7 Å². The van der Waals surface area contributed by atoms with E-state index in [0.717, 1.165) is 6.07 Å². The zero-order chi connectivity index (χ0) is 14.9. The number of rotatable bonds is 4. The molecule has 1 aromatic carbocycles. The highest BCUT2D eigenvalue weighted by Gasteiger charge is 2.21. The summed E-state index contributed by atoms with van der Waals surface area (Å²) in [7, 11) is -2.33. The molecule has 106 valence electrons. The fourth-order valence-corrected chi connectivity index (χ4v) is 3.59. The number of hydrogen-bond acceptors (Lipinski definition) is 4. The normalized spacial score (nSPS) is 11.3. The molecule has 0 spiro atoms. The van der Waals surface area contributed by atoms with E-state index in [2.05, 4.69) is 25.8 Å². The molecule has 0 unspecified atom stereocenters. The van der Waals surface area contributed by atoms with Crippen LogP contribution in [0.3, 0.4) is 0 Å². The van der Waals surface area contributed by atoms with E-state index in [1.54, 1.807) is 7.05 Å². The zero-order valence-corrected chi connectivity index (χ0v) is 12.6. The summed E-state index contributed by atoms with van der Waals surface area (Å²) in [5, 5.41) is 12.8. The van der Waals surface area contributed by atoms with Crippen molar-refractivity contribution in [2.24, 2.45) is 7.05 Å². The maximum absolute atomic E-state index is 12.3. The van der Waals surface area contributed by atoms with Gasteiger partial charge in [0, 0.05) is 17.6 Å². The first-order chi connectivity index (χ1) is 9.31. The number of benzene rings is 1. The largest absolute Gasteiger partial charge is 0.478 e. The zero-order valence-electron chi connectivity index (χ0n) is 10.2. The monoisotopic (exact) mass is 359 g/mol. The minimum absolute atomic E-state index is 0.112. The number of aromatic carboxylic acids is 1. The summed E-state index contributed by atoms with van der Waals surface area (Å²) < 4.78 is 28.5. The Kier molecular flexibility index (Phi) is 3.82. The van der Waals surface area contributed by atoms with Crippen molar-refractivity contribution in [3.8, 4) is 0 Å². The number of sulfonamides is 1. The Labute approximate surface area is 123 Å². The highest BCUT2D eigenvalue weighted by molar-refractivity contribution is 9.10. The Morgan fingerprint density at radius 1 is 1.40 bits per heavy atom. The lowest BCUT2D eigenvalue weighted by Gasteiger charge is -2.10. The van der Waals surface area contributed by atoms with Crippen molar-refractivity contribution in [1.29, 1.82) is 0 Å². The molecule has 7 nitrogen and oxygen atoms in total. The Morgan fingerprint density at radius 3 is 2.65 bits per heavy atom. The van der Waals surface area contributed by atoms with Gasteiger partial charge in [0.05, 0.1) is 11.8 Å². The predicted octanol–water partition coefficient (Wildman–Crippen LogP) is 1.68. The van der Waals surface area contributed by atoms with E-state index in [1.807, 2.05) is 0 Å². The van der Waals surface area contributed by atoms with Gasteiger partial charge in [0.2, 0.25) is 0 Å². The average molecular weight is 360 g/mol. The molecule has 2 rings (SSSR count). The molecule has 0 saturated heterocycles. The minimum Gasteiger partial charge on any atom is -0.478 e. The molecule has 0 aliphatic heterocycles. The fraction of sp³-hybridized carbons (Fsp3) is 0.0909. The Hall–Kier alpha value is -1.87. The lowest BCUT2D eigenvalue weighted by Crippen LogP contribution is -2.16. The third-order valence-electron chi connectivity index (χ3n) is 2.53. The predicted molar refractivity (Wildman–Crippen MR) is 75.1 cm³/mol. The summed E-state index contributed by atoms with van der Waals surface area (Å²) in [6, 6.07) is 5.27. The number of aryl methyl sites for hydroxylation is 1. The smallest absolute Gasteiger partial charge is 0.335 e. The van der Waals surface area contributed by atoms with E-state index >= 15 is 0 Å². The number of hydrogen-bond donors (Lipinski definition) is 2. The third-order valence-corrected chi connectivity index (χ3v) is 4.88. The quantitative estimate of drug-likeness (QED) is 0.864. The fourth-order valence-electron chi connectivity index (χ4n) is 1.51. The van der Waals surface area contributed by atoms with Gasteiger partial charge in [-0.15, -0.1) is 0 Å². The number of nitrogens with one attached hydrogen (secondary N) is 1. The molecule has 0 bridgehead atoms. The van der Waals surface area contributed by atoms with Crippen LogP contribution in [-0.2, 0) is 17.1 Å². The van der Waals surface area contributed by atoms with E-state index in [-0.39, 0.29) is 20.7 Å². The van der Waals surface area contributed by atoms with Gasteiger partial charge >= 0.3 is 5.97 Å². The Morgan fingerprint density at radius 2 is 2.10 bits per heavy atom. The molecule has 1 heterocycles. The van der Waals surface area contributed by atoms with E-state index in [9.17, 15) is 13.2 Å². The summed E-state index contributed by atoms with van der Waals surface area (Å²) >= 11 is 3.10. The number of nitrogens with zero attached hydrogens (tertiary/aromatic N) is 2. The van der Waals surface area contributed by atoms with Gasteiger partial charge in [-0.05, 0) is 34.1 Å². The van der Waals surface area contributed by atoms with Crippen molar-refractivity contribution in [3.63, 3.8) is 0 Å². The van der Waals surface area contributed by atoms with Gasteiger partial charge in [-0.25, -0.2) is 13.2 Å². The number of carbonyl (C=O) groups is 1. The van der Waals surface area contributed by atoms with Crippen LogP contribution in [0.25, 0.3) is 0 Å². The van der Waals surface area contributed by atoms with Crippen LogP contribution in [0.1, 0.15) is 10.4 Å². The standard InChI is InChI=1S/C11H10BrN3O4S/c1-15-10(4-5-13-15)14-20(18,19)9-6-7(11(16)17)2-3-8(9)12/h2-6,14H,1H3,(H,16,17). The first kappa shape index (κ1) is 14.5. The van der Waals surface area contributed by atoms with Crippen LogP contribution >= 0.6 is 15.9 Å². The van der Waals surface area contributed by atoms with Crippen LogP contribution in [0, 0.1) is 0 Å².